The van der Waals surface area contributed by atoms with Crippen molar-refractivity contribution in [3.05, 3.63) is 71.8 Å². The Labute approximate surface area is 196 Å². The number of hydrogen-bond acceptors (Lipinski definition) is 6. The van der Waals surface area contributed by atoms with Gasteiger partial charge in [0.2, 0.25) is 5.95 Å². The summed E-state index contributed by atoms with van der Waals surface area (Å²) < 4.78 is 19.7. The molecule has 1 atom stereocenters. The van der Waals surface area contributed by atoms with Gasteiger partial charge in [0.1, 0.15) is 5.82 Å². The number of carbonyl (C=O) groups excluding carboxylic acids is 1. The summed E-state index contributed by atoms with van der Waals surface area (Å²) in [5, 5.41) is 9.42. The maximum absolute atomic E-state index is 14.2. The van der Waals surface area contributed by atoms with Crippen LogP contribution in [0.15, 0.2) is 54.9 Å². The Morgan fingerprint density at radius 3 is 2.71 bits per heavy atom. The zero-order valence-corrected chi connectivity index (χ0v) is 18.7. The van der Waals surface area contributed by atoms with Gasteiger partial charge in [-0.15, -0.1) is 0 Å². The molecule has 1 saturated carbocycles. The average Bonchev–Trinajstić information content (AvgIpc) is 3.60. The van der Waals surface area contributed by atoms with Gasteiger partial charge in [-0.2, -0.15) is 0 Å². The van der Waals surface area contributed by atoms with E-state index in [0.717, 1.165) is 25.1 Å². The quantitative estimate of drug-likeness (QED) is 0.644. The number of amides is 1. The van der Waals surface area contributed by atoms with E-state index in [1.54, 1.807) is 35.5 Å². The van der Waals surface area contributed by atoms with E-state index in [-0.39, 0.29) is 29.9 Å². The van der Waals surface area contributed by atoms with Crippen LogP contribution < -0.4 is 4.90 Å². The normalized spacial score (nSPS) is 20.5. The average molecular weight is 461 g/mol. The van der Waals surface area contributed by atoms with Crippen LogP contribution in [-0.2, 0) is 10.2 Å². The summed E-state index contributed by atoms with van der Waals surface area (Å²) in [6, 6.07) is 12.5. The fraction of sp³-hybridized carbons (Fsp3) is 0.346. The highest BCUT2D eigenvalue weighted by Crippen LogP contribution is 2.57. The van der Waals surface area contributed by atoms with E-state index >= 15 is 0 Å². The smallest absolute Gasteiger partial charge is 0.254 e. The number of benzene rings is 2. The molecule has 0 unspecified atom stereocenters. The van der Waals surface area contributed by atoms with Crippen LogP contribution in [-0.4, -0.2) is 64.8 Å². The summed E-state index contributed by atoms with van der Waals surface area (Å²) in [4.78, 5) is 26.2. The minimum Gasteiger partial charge on any atom is -0.394 e. The van der Waals surface area contributed by atoms with Gasteiger partial charge < -0.3 is 19.6 Å². The fourth-order valence-electron chi connectivity index (χ4n) is 5.06. The van der Waals surface area contributed by atoms with Crippen molar-refractivity contribution in [1.82, 2.24) is 14.9 Å². The Bertz CT molecular complexity index is 1250. The molecular weight excluding hydrogens is 435 g/mol. The first kappa shape index (κ1) is 21.2. The van der Waals surface area contributed by atoms with Crippen LogP contribution >= 0.6 is 0 Å². The molecule has 1 amide bonds. The highest BCUT2D eigenvalue weighted by molar-refractivity contribution is 5.96. The van der Waals surface area contributed by atoms with E-state index in [9.17, 15) is 14.3 Å². The van der Waals surface area contributed by atoms with Gasteiger partial charge in [0.05, 0.1) is 19.3 Å². The summed E-state index contributed by atoms with van der Waals surface area (Å²) >= 11 is 0. The zero-order chi connectivity index (χ0) is 23.3. The molecule has 1 N–H and O–H groups in total. The first-order valence-corrected chi connectivity index (χ1v) is 11.6. The van der Waals surface area contributed by atoms with Crippen LogP contribution in [0.4, 0.5) is 16.0 Å². The fourth-order valence-corrected chi connectivity index (χ4v) is 5.06. The Hall–Kier alpha value is -3.36. The van der Waals surface area contributed by atoms with Crippen molar-refractivity contribution in [1.29, 1.82) is 0 Å². The van der Waals surface area contributed by atoms with Gasteiger partial charge in [0.25, 0.3) is 5.91 Å². The van der Waals surface area contributed by atoms with Crippen LogP contribution in [0.1, 0.15) is 28.8 Å². The highest BCUT2D eigenvalue weighted by atomic mass is 19.1. The zero-order valence-electron chi connectivity index (χ0n) is 18.7. The van der Waals surface area contributed by atoms with Crippen molar-refractivity contribution in [2.45, 2.75) is 24.4 Å². The number of ether oxygens (including phenoxy) is 1. The topological polar surface area (TPSA) is 78.8 Å². The highest BCUT2D eigenvalue weighted by Gasteiger charge is 2.52. The molecule has 2 aliphatic heterocycles. The first-order valence-electron chi connectivity index (χ1n) is 11.6. The van der Waals surface area contributed by atoms with Crippen molar-refractivity contribution in [3.63, 3.8) is 0 Å². The molecule has 1 saturated heterocycles. The molecule has 2 aromatic carbocycles. The van der Waals surface area contributed by atoms with Gasteiger partial charge in [0.15, 0.2) is 0 Å². The molecule has 2 fully saturated rings. The minimum absolute atomic E-state index is 0.0722. The second-order valence-electron chi connectivity index (χ2n) is 9.28. The van der Waals surface area contributed by atoms with Gasteiger partial charge >= 0.3 is 0 Å². The molecule has 34 heavy (non-hydrogen) atoms. The van der Waals surface area contributed by atoms with Gasteiger partial charge in [-0.1, -0.05) is 24.3 Å². The molecule has 1 aliphatic carbocycles. The van der Waals surface area contributed by atoms with Crippen molar-refractivity contribution in [2.75, 3.05) is 37.7 Å². The molecule has 3 heterocycles. The lowest BCUT2D eigenvalue weighted by Gasteiger charge is -2.32. The molecule has 8 heteroatoms. The van der Waals surface area contributed by atoms with Crippen LogP contribution in [0.2, 0.25) is 0 Å². The summed E-state index contributed by atoms with van der Waals surface area (Å²) in [7, 11) is 0. The molecule has 0 bridgehead atoms. The molecule has 1 aromatic heterocycles. The third-order valence-electron chi connectivity index (χ3n) is 7.12. The van der Waals surface area contributed by atoms with Crippen molar-refractivity contribution >= 4 is 17.5 Å². The summed E-state index contributed by atoms with van der Waals surface area (Å²) in [5.74, 6) is 0.163. The predicted octanol–water partition coefficient (Wildman–Crippen LogP) is 3.30. The Morgan fingerprint density at radius 1 is 1.18 bits per heavy atom. The lowest BCUT2D eigenvalue weighted by atomic mass is 9.97. The van der Waals surface area contributed by atoms with E-state index in [1.807, 2.05) is 12.1 Å². The Kier molecular flexibility index (Phi) is 5.08. The number of fused-ring (bicyclic) bond motifs is 2. The van der Waals surface area contributed by atoms with Crippen molar-refractivity contribution in [2.24, 2.45) is 0 Å². The van der Waals surface area contributed by atoms with E-state index in [2.05, 4.69) is 20.9 Å². The number of morpholine rings is 1. The molecule has 7 nitrogen and oxygen atoms in total. The SMILES string of the molecule is O=C(c1ccc2c(c1)N(c1ncc(-c3ccccc3F)cn1)CC21CC1)N1CCO[C@@H](CO)C1. The number of carbonyl (C=O) groups is 1. The lowest BCUT2D eigenvalue weighted by Crippen LogP contribution is -2.46. The Morgan fingerprint density at radius 2 is 1.97 bits per heavy atom. The van der Waals surface area contributed by atoms with Crippen LogP contribution in [0.25, 0.3) is 11.1 Å². The van der Waals surface area contributed by atoms with E-state index in [1.165, 1.54) is 11.6 Å². The maximum Gasteiger partial charge on any atom is 0.254 e. The maximum atomic E-state index is 14.2. The van der Waals surface area contributed by atoms with Crippen LogP contribution in [0, 0.1) is 5.82 Å². The number of halogens is 1. The number of anilines is 2. The number of aliphatic hydroxyl groups is 1. The molecular formula is C26H25FN4O3. The van der Waals surface area contributed by atoms with Crippen LogP contribution in [0.5, 0.6) is 0 Å². The van der Waals surface area contributed by atoms with Crippen molar-refractivity contribution < 1.29 is 19.0 Å². The standard InChI is InChI=1S/C26H25FN4O3/c27-22-4-2-1-3-20(22)18-12-28-25(29-13-18)31-16-26(7-8-26)21-6-5-17(11-23(21)31)24(33)30-9-10-34-19(14-30)15-32/h1-6,11-13,19,32H,7-10,14-16H2/t19-/m1/s1. The molecule has 174 valence electrons. The van der Waals surface area contributed by atoms with Crippen LogP contribution in [0.3, 0.4) is 0 Å². The predicted molar refractivity (Wildman–Crippen MR) is 125 cm³/mol. The summed E-state index contributed by atoms with van der Waals surface area (Å²) in [6.07, 6.45) is 5.14. The Balaban J connectivity index is 1.31. The number of aromatic nitrogens is 2. The van der Waals surface area contributed by atoms with Gasteiger partial charge in [-0.3, -0.25) is 4.79 Å². The van der Waals surface area contributed by atoms with E-state index < -0.39 is 0 Å². The number of aliphatic hydroxyl groups excluding tert-OH is 1. The number of rotatable bonds is 4. The summed E-state index contributed by atoms with van der Waals surface area (Å²) in [6.45, 7) is 1.95. The second kappa shape index (κ2) is 8.14. The third-order valence-corrected chi connectivity index (χ3v) is 7.12. The summed E-state index contributed by atoms with van der Waals surface area (Å²) in [5.41, 5.74) is 3.95. The minimum atomic E-state index is -0.347. The van der Waals surface area contributed by atoms with Gasteiger partial charge in [-0.25, -0.2) is 14.4 Å². The molecule has 3 aromatic rings. The third kappa shape index (κ3) is 3.54. The van der Waals surface area contributed by atoms with Crippen molar-refractivity contribution in [3.8, 4) is 11.1 Å². The molecule has 0 radical (unpaired) electrons. The molecule has 1 spiro atoms. The largest absolute Gasteiger partial charge is 0.394 e. The molecule has 6 rings (SSSR count). The number of nitrogens with zero attached hydrogens (tertiary/aromatic N) is 4. The van der Waals surface area contributed by atoms with Gasteiger partial charge in [0, 0.05) is 59.8 Å². The van der Waals surface area contributed by atoms with E-state index in [0.29, 0.717) is 42.3 Å². The van der Waals surface area contributed by atoms with Gasteiger partial charge in [-0.05, 0) is 36.6 Å². The second-order valence-corrected chi connectivity index (χ2v) is 9.28. The lowest BCUT2D eigenvalue weighted by molar-refractivity contribution is -0.0447. The first-order chi connectivity index (χ1) is 16.6. The number of hydrogen-bond donors (Lipinski definition) is 1. The monoisotopic (exact) mass is 460 g/mol. The van der Waals surface area contributed by atoms with E-state index in [4.69, 9.17) is 4.74 Å². The molecule has 3 aliphatic rings.